The monoisotopic (exact) mass is 232 g/mol. The fraction of sp³-hybridized carbons (Fsp3) is 0.667. The molecular formula is C15H24N2. The van der Waals surface area contributed by atoms with E-state index in [4.69, 9.17) is 0 Å². The van der Waals surface area contributed by atoms with Gasteiger partial charge in [-0.3, -0.25) is 4.98 Å². The molecular weight excluding hydrogens is 208 g/mol. The number of aromatic nitrogens is 1. The van der Waals surface area contributed by atoms with E-state index in [1.165, 1.54) is 49.8 Å². The normalized spacial score (nSPS) is 19.2. The SMILES string of the molecule is CNC(CC1CCCCC1)c1cccnc1C. The van der Waals surface area contributed by atoms with E-state index in [0.717, 1.165) is 5.92 Å². The van der Waals surface area contributed by atoms with E-state index in [1.807, 2.05) is 12.3 Å². The fourth-order valence-corrected chi connectivity index (χ4v) is 3.02. The maximum absolute atomic E-state index is 4.40. The first-order chi connectivity index (χ1) is 8.31. The Bertz CT molecular complexity index is 343. The number of pyridine rings is 1. The molecule has 0 aliphatic heterocycles. The molecule has 1 atom stereocenters. The summed E-state index contributed by atoms with van der Waals surface area (Å²) in [6, 6.07) is 4.74. The van der Waals surface area contributed by atoms with Gasteiger partial charge in [-0.2, -0.15) is 0 Å². The van der Waals surface area contributed by atoms with Gasteiger partial charge in [0.1, 0.15) is 0 Å². The number of aryl methyl sites for hydroxylation is 1. The molecule has 2 nitrogen and oxygen atoms in total. The van der Waals surface area contributed by atoms with Gasteiger partial charge in [0, 0.05) is 17.9 Å². The van der Waals surface area contributed by atoms with Gasteiger partial charge in [-0.15, -0.1) is 0 Å². The zero-order valence-electron chi connectivity index (χ0n) is 11.1. The van der Waals surface area contributed by atoms with Crippen molar-refractivity contribution in [2.24, 2.45) is 5.92 Å². The van der Waals surface area contributed by atoms with E-state index in [0.29, 0.717) is 6.04 Å². The van der Waals surface area contributed by atoms with E-state index in [-0.39, 0.29) is 0 Å². The molecule has 1 aromatic rings. The third kappa shape index (κ3) is 3.29. The topological polar surface area (TPSA) is 24.9 Å². The van der Waals surface area contributed by atoms with Crippen molar-refractivity contribution in [1.82, 2.24) is 10.3 Å². The third-order valence-corrected chi connectivity index (χ3v) is 4.07. The predicted octanol–water partition coefficient (Wildman–Crippen LogP) is 3.62. The number of rotatable bonds is 4. The molecule has 17 heavy (non-hydrogen) atoms. The van der Waals surface area contributed by atoms with Gasteiger partial charge in [0.25, 0.3) is 0 Å². The Hall–Kier alpha value is -0.890. The second-order valence-corrected chi connectivity index (χ2v) is 5.26. The number of nitrogens with zero attached hydrogens (tertiary/aromatic N) is 1. The molecule has 2 rings (SSSR count). The van der Waals surface area contributed by atoms with Crippen molar-refractivity contribution in [2.45, 2.75) is 51.5 Å². The van der Waals surface area contributed by atoms with Crippen LogP contribution in [0.5, 0.6) is 0 Å². The molecule has 1 saturated carbocycles. The van der Waals surface area contributed by atoms with E-state index < -0.39 is 0 Å². The minimum absolute atomic E-state index is 0.479. The van der Waals surface area contributed by atoms with Gasteiger partial charge in [-0.05, 0) is 37.9 Å². The molecule has 1 aliphatic rings. The zero-order chi connectivity index (χ0) is 12.1. The molecule has 1 fully saturated rings. The third-order valence-electron chi connectivity index (χ3n) is 4.07. The molecule has 0 amide bonds. The van der Waals surface area contributed by atoms with Crippen molar-refractivity contribution in [3.8, 4) is 0 Å². The van der Waals surface area contributed by atoms with Gasteiger partial charge in [0.05, 0.1) is 0 Å². The van der Waals surface area contributed by atoms with Crippen molar-refractivity contribution in [3.63, 3.8) is 0 Å². The summed E-state index contributed by atoms with van der Waals surface area (Å²) in [4.78, 5) is 4.40. The van der Waals surface area contributed by atoms with Crippen LogP contribution in [-0.4, -0.2) is 12.0 Å². The summed E-state index contributed by atoms with van der Waals surface area (Å²) in [5.74, 6) is 0.904. The number of hydrogen-bond donors (Lipinski definition) is 1. The second kappa shape index (κ2) is 6.15. The summed E-state index contributed by atoms with van der Waals surface area (Å²) in [7, 11) is 2.07. The maximum Gasteiger partial charge on any atom is 0.0420 e. The molecule has 94 valence electrons. The predicted molar refractivity (Wildman–Crippen MR) is 72.0 cm³/mol. The first kappa shape index (κ1) is 12.6. The Morgan fingerprint density at radius 1 is 1.35 bits per heavy atom. The Balaban J connectivity index is 2.03. The van der Waals surface area contributed by atoms with Crippen molar-refractivity contribution in [2.75, 3.05) is 7.05 Å². The maximum atomic E-state index is 4.40. The molecule has 0 radical (unpaired) electrons. The van der Waals surface area contributed by atoms with Crippen LogP contribution in [0.4, 0.5) is 0 Å². The van der Waals surface area contributed by atoms with Gasteiger partial charge in [-0.1, -0.05) is 38.2 Å². The summed E-state index contributed by atoms with van der Waals surface area (Å²) >= 11 is 0. The van der Waals surface area contributed by atoms with Gasteiger partial charge in [0.15, 0.2) is 0 Å². The highest BCUT2D eigenvalue weighted by Gasteiger charge is 2.20. The Morgan fingerprint density at radius 3 is 2.76 bits per heavy atom. The van der Waals surface area contributed by atoms with Crippen molar-refractivity contribution in [1.29, 1.82) is 0 Å². The van der Waals surface area contributed by atoms with Gasteiger partial charge in [0.2, 0.25) is 0 Å². The van der Waals surface area contributed by atoms with Gasteiger partial charge < -0.3 is 5.32 Å². The minimum atomic E-state index is 0.479. The molecule has 1 N–H and O–H groups in total. The molecule has 0 aromatic carbocycles. The Morgan fingerprint density at radius 2 is 2.12 bits per heavy atom. The molecule has 1 heterocycles. The van der Waals surface area contributed by atoms with Crippen LogP contribution in [-0.2, 0) is 0 Å². The quantitative estimate of drug-likeness (QED) is 0.857. The minimum Gasteiger partial charge on any atom is -0.313 e. The van der Waals surface area contributed by atoms with E-state index in [9.17, 15) is 0 Å². The molecule has 0 spiro atoms. The number of hydrogen-bond acceptors (Lipinski definition) is 2. The summed E-state index contributed by atoms with van der Waals surface area (Å²) < 4.78 is 0. The molecule has 2 heteroatoms. The zero-order valence-corrected chi connectivity index (χ0v) is 11.1. The highest BCUT2D eigenvalue weighted by atomic mass is 14.9. The van der Waals surface area contributed by atoms with Gasteiger partial charge in [-0.25, -0.2) is 0 Å². The number of nitrogens with one attached hydrogen (secondary N) is 1. The molecule has 0 bridgehead atoms. The average molecular weight is 232 g/mol. The lowest BCUT2D eigenvalue weighted by atomic mass is 9.83. The smallest absolute Gasteiger partial charge is 0.0420 e. The molecule has 1 aliphatic carbocycles. The molecule has 0 saturated heterocycles. The van der Waals surface area contributed by atoms with Crippen LogP contribution in [0.3, 0.4) is 0 Å². The van der Waals surface area contributed by atoms with Gasteiger partial charge >= 0.3 is 0 Å². The Kier molecular flexibility index (Phi) is 4.55. The van der Waals surface area contributed by atoms with Crippen LogP contribution in [0.25, 0.3) is 0 Å². The first-order valence-electron chi connectivity index (χ1n) is 6.90. The first-order valence-corrected chi connectivity index (χ1v) is 6.90. The van der Waals surface area contributed by atoms with E-state index in [2.05, 4.69) is 30.3 Å². The van der Waals surface area contributed by atoms with Crippen LogP contribution in [0.15, 0.2) is 18.3 Å². The van der Waals surface area contributed by atoms with Crippen molar-refractivity contribution < 1.29 is 0 Å². The highest BCUT2D eigenvalue weighted by molar-refractivity contribution is 5.22. The Labute approximate surface area is 105 Å². The summed E-state index contributed by atoms with van der Waals surface area (Å²) in [5.41, 5.74) is 2.54. The second-order valence-electron chi connectivity index (χ2n) is 5.26. The summed E-state index contributed by atoms with van der Waals surface area (Å²) in [6.07, 6.45) is 10.3. The lowest BCUT2D eigenvalue weighted by Crippen LogP contribution is -2.22. The van der Waals surface area contributed by atoms with E-state index >= 15 is 0 Å². The standard InChI is InChI=1S/C15H24N2/c1-12-14(9-6-10-17-12)15(16-2)11-13-7-4-3-5-8-13/h6,9-10,13,15-16H,3-5,7-8,11H2,1-2H3. The van der Waals surface area contributed by atoms with Crippen LogP contribution in [0, 0.1) is 12.8 Å². The fourth-order valence-electron chi connectivity index (χ4n) is 3.02. The molecule has 1 unspecified atom stereocenters. The van der Waals surface area contributed by atoms with Crippen LogP contribution in [0.2, 0.25) is 0 Å². The van der Waals surface area contributed by atoms with Crippen molar-refractivity contribution >= 4 is 0 Å². The largest absolute Gasteiger partial charge is 0.313 e. The lowest BCUT2D eigenvalue weighted by molar-refractivity contribution is 0.305. The lowest BCUT2D eigenvalue weighted by Gasteiger charge is -2.27. The van der Waals surface area contributed by atoms with Crippen molar-refractivity contribution in [3.05, 3.63) is 29.6 Å². The summed E-state index contributed by atoms with van der Waals surface area (Å²) in [5, 5.41) is 3.47. The highest BCUT2D eigenvalue weighted by Crippen LogP contribution is 2.32. The van der Waals surface area contributed by atoms with E-state index in [1.54, 1.807) is 0 Å². The van der Waals surface area contributed by atoms with Crippen LogP contribution < -0.4 is 5.32 Å². The van der Waals surface area contributed by atoms with Crippen LogP contribution in [0.1, 0.15) is 55.8 Å². The average Bonchev–Trinajstić information content (AvgIpc) is 2.38. The summed E-state index contributed by atoms with van der Waals surface area (Å²) in [6.45, 7) is 2.11. The van der Waals surface area contributed by atoms with Crippen LogP contribution >= 0.6 is 0 Å². The molecule has 1 aromatic heterocycles.